The Morgan fingerprint density at radius 1 is 0.930 bits per heavy atom. The zero-order valence-electron chi connectivity index (χ0n) is 25.8. The molecule has 1 unspecified atom stereocenters. The summed E-state index contributed by atoms with van der Waals surface area (Å²) in [6.45, 7) is 8.67. The van der Waals surface area contributed by atoms with Crippen LogP contribution in [0.4, 0.5) is 4.79 Å². The van der Waals surface area contributed by atoms with E-state index in [1.807, 2.05) is 32.0 Å². The summed E-state index contributed by atoms with van der Waals surface area (Å²) in [5.74, 6) is -3.15. The number of ether oxygens (including phenoxy) is 2. The minimum absolute atomic E-state index is 0.0426. The second-order valence-electron chi connectivity index (χ2n) is 11.0. The minimum atomic E-state index is -0.969. The van der Waals surface area contributed by atoms with Crippen molar-refractivity contribution in [3.8, 4) is 0 Å². The van der Waals surface area contributed by atoms with Gasteiger partial charge in [0.25, 0.3) is 0 Å². The van der Waals surface area contributed by atoms with E-state index >= 15 is 0 Å². The van der Waals surface area contributed by atoms with Crippen molar-refractivity contribution < 1.29 is 38.2 Å². The molecule has 13 nitrogen and oxygen atoms in total. The topological polar surface area (TPSA) is 172 Å². The number of methoxy groups -OCH3 is 1. The molecule has 0 saturated carbocycles. The summed E-state index contributed by atoms with van der Waals surface area (Å²) in [7, 11) is 1.25. The van der Waals surface area contributed by atoms with Crippen molar-refractivity contribution >= 4 is 35.7 Å². The van der Waals surface area contributed by atoms with Crippen LogP contribution in [0.1, 0.15) is 59.4 Å². The van der Waals surface area contributed by atoms with Gasteiger partial charge in [0.15, 0.2) is 0 Å². The molecular formula is C30H45N5O8. The summed E-state index contributed by atoms with van der Waals surface area (Å²) in [4.78, 5) is 77.5. The molecule has 1 aliphatic heterocycles. The highest BCUT2D eigenvalue weighted by Crippen LogP contribution is 2.19. The first-order chi connectivity index (χ1) is 20.4. The summed E-state index contributed by atoms with van der Waals surface area (Å²) in [6, 6.07) is 5.46. The lowest BCUT2D eigenvalue weighted by Crippen LogP contribution is -2.58. The molecule has 1 saturated heterocycles. The Morgan fingerprint density at radius 3 is 2.21 bits per heavy atom. The van der Waals surface area contributed by atoms with Gasteiger partial charge in [0, 0.05) is 6.54 Å². The third-order valence-corrected chi connectivity index (χ3v) is 7.44. The summed E-state index contributed by atoms with van der Waals surface area (Å²) in [6.07, 6.45) is 0.808. The van der Waals surface area contributed by atoms with E-state index in [2.05, 4.69) is 21.3 Å². The summed E-state index contributed by atoms with van der Waals surface area (Å²) < 4.78 is 9.95. The van der Waals surface area contributed by atoms with Crippen LogP contribution in [0.3, 0.4) is 0 Å². The average molecular weight is 604 g/mol. The third-order valence-electron chi connectivity index (χ3n) is 7.44. The van der Waals surface area contributed by atoms with E-state index in [1.54, 1.807) is 26.0 Å². The number of carbonyl (C=O) groups excluding carboxylic acids is 6. The Bertz CT molecular complexity index is 1130. The van der Waals surface area contributed by atoms with Crippen molar-refractivity contribution in [1.29, 1.82) is 0 Å². The number of carbonyl (C=O) groups is 6. The van der Waals surface area contributed by atoms with Gasteiger partial charge in [-0.05, 0) is 37.2 Å². The fourth-order valence-corrected chi connectivity index (χ4v) is 4.59. The second kappa shape index (κ2) is 17.1. The SMILES string of the molecule is CC[C@H](C)C(NC(=O)[C@@H](NC(=O)[C@@H]1CCCN1C(=O)CNC(=O)[C@H](C)NC(=O)OCc1ccccc1)C(C)C)C(=O)OC. The monoisotopic (exact) mass is 603 g/mol. The highest BCUT2D eigenvalue weighted by molar-refractivity contribution is 5.95. The van der Waals surface area contributed by atoms with Gasteiger partial charge in [0.05, 0.1) is 13.7 Å². The fourth-order valence-electron chi connectivity index (χ4n) is 4.59. The number of amides is 5. The van der Waals surface area contributed by atoms with Crippen LogP contribution in [0.15, 0.2) is 30.3 Å². The molecule has 0 bridgehead atoms. The average Bonchev–Trinajstić information content (AvgIpc) is 3.50. The van der Waals surface area contributed by atoms with Gasteiger partial charge in [-0.25, -0.2) is 9.59 Å². The number of hydrogen-bond donors (Lipinski definition) is 4. The van der Waals surface area contributed by atoms with Crippen molar-refractivity contribution in [2.24, 2.45) is 11.8 Å². The summed E-state index contributed by atoms with van der Waals surface area (Å²) in [5, 5.41) is 10.4. The molecule has 1 fully saturated rings. The second-order valence-corrected chi connectivity index (χ2v) is 11.0. The van der Waals surface area contributed by atoms with Gasteiger partial charge >= 0.3 is 12.1 Å². The van der Waals surface area contributed by atoms with Crippen molar-refractivity contribution in [3.63, 3.8) is 0 Å². The number of nitrogens with zero attached hydrogens (tertiary/aromatic N) is 1. The highest BCUT2D eigenvalue weighted by atomic mass is 16.5. The maximum Gasteiger partial charge on any atom is 0.408 e. The lowest BCUT2D eigenvalue weighted by molar-refractivity contribution is -0.147. The van der Waals surface area contributed by atoms with Gasteiger partial charge in [0.1, 0.15) is 30.8 Å². The fraction of sp³-hybridized carbons (Fsp3) is 0.600. The smallest absolute Gasteiger partial charge is 0.408 e. The van der Waals surface area contributed by atoms with Crippen molar-refractivity contribution in [2.45, 2.75) is 84.7 Å². The number of nitrogens with one attached hydrogen (secondary N) is 4. The lowest BCUT2D eigenvalue weighted by atomic mass is 9.97. The molecule has 1 aromatic carbocycles. The number of rotatable bonds is 14. The van der Waals surface area contributed by atoms with Crippen molar-refractivity contribution in [2.75, 3.05) is 20.2 Å². The van der Waals surface area contributed by atoms with Crippen LogP contribution in [0.25, 0.3) is 0 Å². The number of hydrogen-bond acceptors (Lipinski definition) is 8. The quantitative estimate of drug-likeness (QED) is 0.230. The van der Waals surface area contributed by atoms with E-state index in [0.29, 0.717) is 25.8 Å². The highest BCUT2D eigenvalue weighted by Gasteiger charge is 2.37. The number of alkyl carbamates (subject to hydrolysis) is 1. The Balaban J connectivity index is 1.91. The maximum atomic E-state index is 13.3. The predicted octanol–water partition coefficient (Wildman–Crippen LogP) is 1.25. The maximum absolute atomic E-state index is 13.3. The zero-order valence-corrected chi connectivity index (χ0v) is 25.8. The summed E-state index contributed by atoms with van der Waals surface area (Å²) >= 11 is 0. The lowest BCUT2D eigenvalue weighted by Gasteiger charge is -2.29. The van der Waals surface area contributed by atoms with Crippen LogP contribution in [0.2, 0.25) is 0 Å². The molecule has 238 valence electrons. The third kappa shape index (κ3) is 10.6. The molecule has 4 N–H and O–H groups in total. The van der Waals surface area contributed by atoms with E-state index in [0.717, 1.165) is 5.56 Å². The van der Waals surface area contributed by atoms with E-state index in [4.69, 9.17) is 9.47 Å². The number of likely N-dealkylation sites (tertiary alicyclic amines) is 1. The number of benzene rings is 1. The van der Waals surface area contributed by atoms with Crippen LogP contribution in [0, 0.1) is 11.8 Å². The van der Waals surface area contributed by atoms with Crippen LogP contribution < -0.4 is 21.3 Å². The largest absolute Gasteiger partial charge is 0.467 e. The first-order valence-corrected chi connectivity index (χ1v) is 14.6. The first-order valence-electron chi connectivity index (χ1n) is 14.6. The molecule has 5 amide bonds. The van der Waals surface area contributed by atoms with E-state index in [9.17, 15) is 28.8 Å². The normalized spacial score (nSPS) is 17.2. The van der Waals surface area contributed by atoms with Gasteiger partial charge in [-0.1, -0.05) is 64.4 Å². The van der Waals surface area contributed by atoms with Gasteiger partial charge in [0.2, 0.25) is 23.6 Å². The van der Waals surface area contributed by atoms with Crippen LogP contribution in [0.5, 0.6) is 0 Å². The molecule has 43 heavy (non-hydrogen) atoms. The molecule has 13 heteroatoms. The summed E-state index contributed by atoms with van der Waals surface area (Å²) in [5.41, 5.74) is 0.793. The van der Waals surface area contributed by atoms with E-state index in [-0.39, 0.29) is 25.0 Å². The van der Waals surface area contributed by atoms with Crippen LogP contribution >= 0.6 is 0 Å². The number of esters is 1. The molecule has 5 atom stereocenters. The van der Waals surface area contributed by atoms with Gasteiger partial charge in [-0.15, -0.1) is 0 Å². The molecule has 0 aromatic heterocycles. The first kappa shape index (κ1) is 35.0. The molecule has 1 heterocycles. The molecular weight excluding hydrogens is 558 g/mol. The molecule has 0 spiro atoms. The molecule has 0 radical (unpaired) electrons. The molecule has 1 aromatic rings. The molecule has 0 aliphatic carbocycles. The Morgan fingerprint density at radius 2 is 1.60 bits per heavy atom. The Kier molecular flexibility index (Phi) is 13.9. The zero-order chi connectivity index (χ0) is 32.1. The van der Waals surface area contributed by atoms with Crippen molar-refractivity contribution in [1.82, 2.24) is 26.2 Å². The van der Waals surface area contributed by atoms with E-state index < -0.39 is 59.9 Å². The standard InChI is InChI=1S/C30H45N5O8/c1-7-19(4)25(29(40)42-6)34-28(39)24(18(2)3)33-27(38)22-14-11-15-35(22)23(36)16-31-26(37)20(5)32-30(41)43-17-21-12-9-8-10-13-21/h8-10,12-13,18-20,22,24-25H,7,11,14-17H2,1-6H3,(H,31,37)(H,32,41)(H,33,38)(H,34,39)/t19-,20-,22-,24-,25?/m0/s1. The Labute approximate surface area is 252 Å². The van der Waals surface area contributed by atoms with Gasteiger partial charge < -0.3 is 35.6 Å². The Hall–Kier alpha value is -4.16. The van der Waals surface area contributed by atoms with E-state index in [1.165, 1.54) is 18.9 Å². The van der Waals surface area contributed by atoms with Gasteiger partial charge in [-0.3, -0.25) is 19.2 Å². The van der Waals surface area contributed by atoms with Crippen LogP contribution in [-0.2, 0) is 40.1 Å². The minimum Gasteiger partial charge on any atom is -0.467 e. The van der Waals surface area contributed by atoms with Crippen LogP contribution in [-0.4, -0.2) is 85.0 Å². The molecule has 1 aliphatic rings. The van der Waals surface area contributed by atoms with Gasteiger partial charge in [-0.2, -0.15) is 0 Å². The predicted molar refractivity (Wildman–Crippen MR) is 157 cm³/mol. The van der Waals surface area contributed by atoms with Crippen molar-refractivity contribution in [3.05, 3.63) is 35.9 Å². The molecule has 2 rings (SSSR count).